The van der Waals surface area contributed by atoms with Gasteiger partial charge in [0.2, 0.25) is 5.71 Å². The van der Waals surface area contributed by atoms with Crippen LogP contribution < -0.4 is 5.32 Å². The van der Waals surface area contributed by atoms with Crippen LogP contribution in [0.2, 0.25) is 0 Å². The molecule has 4 heterocycles. The third-order valence-corrected chi connectivity index (χ3v) is 6.79. The van der Waals surface area contributed by atoms with E-state index in [4.69, 9.17) is 14.2 Å². The van der Waals surface area contributed by atoms with Crippen LogP contribution in [0.3, 0.4) is 0 Å². The number of amides is 2. The first kappa shape index (κ1) is 23.7. The molecule has 178 valence electrons. The Labute approximate surface area is 202 Å². The number of hydrogen-bond donors (Lipinski definition) is 1. The third-order valence-electron chi connectivity index (χ3n) is 5.85. The Morgan fingerprint density at radius 3 is 2.74 bits per heavy atom. The minimum Gasteiger partial charge on any atom is -0.462 e. The van der Waals surface area contributed by atoms with Crippen molar-refractivity contribution in [3.05, 3.63) is 75.6 Å². The van der Waals surface area contributed by atoms with Crippen LogP contribution in [-0.2, 0) is 16.1 Å². The van der Waals surface area contributed by atoms with Gasteiger partial charge < -0.3 is 19.5 Å². The second kappa shape index (κ2) is 11.1. The number of oxime groups is 1. The zero-order valence-electron chi connectivity index (χ0n) is 19.3. The smallest absolute Gasteiger partial charge is 0.279 e. The Hall–Kier alpha value is -3.46. The summed E-state index contributed by atoms with van der Waals surface area (Å²) in [5.74, 6) is 0.119. The maximum atomic E-state index is 13.1. The van der Waals surface area contributed by atoms with Crippen molar-refractivity contribution < 1.29 is 18.8 Å². The molecule has 4 rings (SSSR count). The summed E-state index contributed by atoms with van der Waals surface area (Å²) in [4.78, 5) is 38.6. The highest BCUT2D eigenvalue weighted by Crippen LogP contribution is 2.30. The Bertz CT molecular complexity index is 1130. The number of nitrogens with zero attached hydrogens (tertiary/aromatic N) is 3. The number of thiophene rings is 1. The van der Waals surface area contributed by atoms with E-state index in [1.165, 1.54) is 18.3 Å². The molecule has 0 atom stereocenters. The van der Waals surface area contributed by atoms with Gasteiger partial charge in [-0.1, -0.05) is 11.2 Å². The summed E-state index contributed by atoms with van der Waals surface area (Å²) in [7, 11) is 1.40. The second-order valence-electron chi connectivity index (χ2n) is 8.14. The third kappa shape index (κ3) is 5.53. The van der Waals surface area contributed by atoms with Crippen LogP contribution in [0.4, 0.5) is 0 Å². The number of aromatic nitrogens is 1. The van der Waals surface area contributed by atoms with Crippen molar-refractivity contribution in [2.24, 2.45) is 5.16 Å². The van der Waals surface area contributed by atoms with Gasteiger partial charge in [0.15, 0.2) is 5.76 Å². The number of carbonyl (C=O) groups is 2. The molecular weight excluding hydrogens is 452 g/mol. The number of pyridine rings is 1. The topological polar surface area (TPSA) is 97.0 Å². The van der Waals surface area contributed by atoms with Gasteiger partial charge in [0, 0.05) is 36.1 Å². The van der Waals surface area contributed by atoms with E-state index in [1.807, 2.05) is 30.5 Å². The van der Waals surface area contributed by atoms with Gasteiger partial charge in [-0.3, -0.25) is 14.6 Å². The van der Waals surface area contributed by atoms with Crippen molar-refractivity contribution in [3.63, 3.8) is 0 Å². The average molecular weight is 481 g/mol. The van der Waals surface area contributed by atoms with E-state index >= 15 is 0 Å². The highest BCUT2D eigenvalue weighted by atomic mass is 32.1. The molecule has 9 heteroatoms. The number of furan rings is 1. The van der Waals surface area contributed by atoms with Crippen LogP contribution >= 0.6 is 11.3 Å². The first-order valence-corrected chi connectivity index (χ1v) is 12.2. The van der Waals surface area contributed by atoms with E-state index < -0.39 is 0 Å². The fourth-order valence-corrected chi connectivity index (χ4v) is 4.84. The number of nitrogens with one attached hydrogen (secondary N) is 1. The molecule has 1 fully saturated rings. The first-order chi connectivity index (χ1) is 16.6. The molecule has 1 aliphatic rings. The first-order valence-electron chi connectivity index (χ1n) is 11.3. The number of rotatable bonds is 8. The van der Waals surface area contributed by atoms with Crippen molar-refractivity contribution in [3.8, 4) is 0 Å². The summed E-state index contributed by atoms with van der Waals surface area (Å²) in [5, 5.41) is 8.95. The standard InChI is InChI=1S/C25H28N4O4S/c1-17-7-8-20(24(30)26-12-9-19-5-4-16-34-19)22(27-17)18-10-13-29(14-11-18)25(31)23(28-32-2)21-6-3-15-33-21/h3-8,15-16,18H,9-14H2,1-2H3,(H,26,30). The lowest BCUT2D eigenvalue weighted by Gasteiger charge is -2.32. The summed E-state index contributed by atoms with van der Waals surface area (Å²) < 4.78 is 5.35. The monoisotopic (exact) mass is 480 g/mol. The predicted molar refractivity (Wildman–Crippen MR) is 130 cm³/mol. The summed E-state index contributed by atoms with van der Waals surface area (Å²) in [5.41, 5.74) is 2.43. The van der Waals surface area contributed by atoms with Gasteiger partial charge in [-0.15, -0.1) is 11.3 Å². The van der Waals surface area contributed by atoms with Gasteiger partial charge in [0.1, 0.15) is 7.11 Å². The maximum absolute atomic E-state index is 13.1. The van der Waals surface area contributed by atoms with E-state index in [0.717, 1.165) is 17.8 Å². The lowest BCUT2D eigenvalue weighted by Crippen LogP contribution is -2.42. The Kier molecular flexibility index (Phi) is 7.74. The van der Waals surface area contributed by atoms with Gasteiger partial charge >= 0.3 is 0 Å². The van der Waals surface area contributed by atoms with Crippen LogP contribution in [0.5, 0.6) is 0 Å². The molecule has 1 N–H and O–H groups in total. The molecule has 1 saturated heterocycles. The van der Waals surface area contributed by atoms with Gasteiger partial charge in [0.05, 0.1) is 17.5 Å². The minimum absolute atomic E-state index is 0.0911. The fourth-order valence-electron chi connectivity index (χ4n) is 4.13. The van der Waals surface area contributed by atoms with E-state index in [2.05, 4.69) is 16.5 Å². The van der Waals surface area contributed by atoms with Crippen LogP contribution in [0.15, 0.2) is 57.6 Å². The van der Waals surface area contributed by atoms with Crippen LogP contribution in [0, 0.1) is 6.92 Å². The normalized spacial score (nSPS) is 14.8. The van der Waals surface area contributed by atoms with Crippen LogP contribution in [-0.4, -0.2) is 54.2 Å². The summed E-state index contributed by atoms with van der Waals surface area (Å²) >= 11 is 1.69. The summed E-state index contributed by atoms with van der Waals surface area (Å²) in [6, 6.07) is 11.2. The number of piperidine rings is 1. The molecular formula is C25H28N4O4S. The lowest BCUT2D eigenvalue weighted by atomic mass is 9.89. The van der Waals surface area contributed by atoms with Gasteiger partial charge in [-0.25, -0.2) is 0 Å². The predicted octanol–water partition coefficient (Wildman–Crippen LogP) is 3.77. The number of aryl methyl sites for hydroxylation is 1. The molecule has 1 aliphatic heterocycles. The Morgan fingerprint density at radius 2 is 2.06 bits per heavy atom. The number of carbonyl (C=O) groups excluding carboxylic acids is 2. The van der Waals surface area contributed by atoms with E-state index in [0.29, 0.717) is 43.8 Å². The van der Waals surface area contributed by atoms with Crippen molar-refractivity contribution in [1.29, 1.82) is 0 Å². The van der Waals surface area contributed by atoms with Gasteiger partial charge in [-0.05, 0) is 61.9 Å². The van der Waals surface area contributed by atoms with Gasteiger partial charge in [0.25, 0.3) is 11.8 Å². The highest BCUT2D eigenvalue weighted by Gasteiger charge is 2.31. The zero-order chi connectivity index (χ0) is 23.9. The SMILES string of the molecule is CON=C(C(=O)N1CCC(c2nc(C)ccc2C(=O)NCCc2cccs2)CC1)c1ccco1. The lowest BCUT2D eigenvalue weighted by molar-refractivity contribution is -0.125. The molecule has 3 aromatic heterocycles. The van der Waals surface area contributed by atoms with Crippen LogP contribution in [0.25, 0.3) is 0 Å². The van der Waals surface area contributed by atoms with Crippen molar-refractivity contribution in [2.45, 2.75) is 32.1 Å². The summed E-state index contributed by atoms with van der Waals surface area (Å²) in [6.07, 6.45) is 3.71. The van der Waals surface area contributed by atoms with Crippen molar-refractivity contribution in [1.82, 2.24) is 15.2 Å². The average Bonchev–Trinajstić information content (AvgIpc) is 3.57. The molecule has 0 spiro atoms. The number of likely N-dealkylation sites (tertiary alicyclic amines) is 1. The molecule has 0 radical (unpaired) electrons. The van der Waals surface area contributed by atoms with E-state index in [-0.39, 0.29) is 23.4 Å². The fraction of sp³-hybridized carbons (Fsp3) is 0.360. The molecule has 3 aromatic rings. The molecule has 0 aliphatic carbocycles. The zero-order valence-corrected chi connectivity index (χ0v) is 20.1. The van der Waals surface area contributed by atoms with Crippen LogP contribution in [0.1, 0.15) is 51.1 Å². The van der Waals surface area contributed by atoms with E-state index in [1.54, 1.807) is 28.4 Å². The highest BCUT2D eigenvalue weighted by molar-refractivity contribution is 7.09. The summed E-state index contributed by atoms with van der Waals surface area (Å²) in [6.45, 7) is 3.56. The van der Waals surface area contributed by atoms with Crippen molar-refractivity contribution in [2.75, 3.05) is 26.7 Å². The number of hydrogen-bond acceptors (Lipinski definition) is 7. The molecule has 8 nitrogen and oxygen atoms in total. The minimum atomic E-state index is -0.237. The molecule has 34 heavy (non-hydrogen) atoms. The molecule has 2 amide bonds. The van der Waals surface area contributed by atoms with Crippen molar-refractivity contribution >= 4 is 28.9 Å². The Balaban J connectivity index is 1.41. The second-order valence-corrected chi connectivity index (χ2v) is 9.17. The maximum Gasteiger partial charge on any atom is 0.279 e. The van der Waals surface area contributed by atoms with E-state index in [9.17, 15) is 9.59 Å². The quantitative estimate of drug-likeness (QED) is 0.391. The molecule has 0 bridgehead atoms. The van der Waals surface area contributed by atoms with Gasteiger partial charge in [-0.2, -0.15) is 0 Å². The molecule has 0 aromatic carbocycles. The Morgan fingerprint density at radius 1 is 1.24 bits per heavy atom. The molecule has 0 saturated carbocycles. The largest absolute Gasteiger partial charge is 0.462 e. The molecule has 0 unspecified atom stereocenters.